The van der Waals surface area contributed by atoms with Crippen LogP contribution in [0.3, 0.4) is 0 Å². The molecule has 1 aliphatic heterocycles. The molecule has 1 saturated heterocycles. The van der Waals surface area contributed by atoms with Crippen LogP contribution in [-0.4, -0.2) is 50.0 Å². The third-order valence-corrected chi connectivity index (χ3v) is 5.47. The van der Waals surface area contributed by atoms with Crippen molar-refractivity contribution >= 4 is 17.2 Å². The van der Waals surface area contributed by atoms with Gasteiger partial charge in [-0.15, -0.1) is 0 Å². The molecule has 1 fully saturated rings. The van der Waals surface area contributed by atoms with Gasteiger partial charge in [-0.05, 0) is 57.0 Å². The molecule has 1 atom stereocenters. The highest BCUT2D eigenvalue weighted by atomic mass is 15.2. The summed E-state index contributed by atoms with van der Waals surface area (Å²) in [7, 11) is 2.04. The van der Waals surface area contributed by atoms with Gasteiger partial charge >= 0.3 is 0 Å². The number of aliphatic imine (C=N–C) groups is 1. The highest BCUT2D eigenvalue weighted by molar-refractivity contribution is 5.94. The van der Waals surface area contributed by atoms with Crippen molar-refractivity contribution in [3.8, 4) is 0 Å². The van der Waals surface area contributed by atoms with Crippen LogP contribution >= 0.6 is 0 Å². The van der Waals surface area contributed by atoms with Gasteiger partial charge in [0.25, 0.3) is 0 Å². The van der Waals surface area contributed by atoms with E-state index in [1.54, 1.807) is 0 Å². The topological polar surface area (TPSA) is 42.9 Å². The molecule has 0 amide bonds. The first kappa shape index (κ1) is 22.8. The molecule has 0 radical (unpaired) electrons. The SMILES string of the molecule is C=C(CC)/C(=C/N=C(C)Nc1ccc(N2CCNC[C@@H]2C)cc1)C(=C)N(C)CC. The van der Waals surface area contributed by atoms with Gasteiger partial charge in [0, 0.05) is 68.1 Å². The minimum absolute atomic E-state index is 0.510. The summed E-state index contributed by atoms with van der Waals surface area (Å²) in [4.78, 5) is 9.19. The van der Waals surface area contributed by atoms with Crippen LogP contribution in [0.15, 0.2) is 65.5 Å². The lowest BCUT2D eigenvalue weighted by atomic mass is 10.0. The van der Waals surface area contributed by atoms with Gasteiger partial charge in [-0.25, -0.2) is 4.99 Å². The molecule has 1 heterocycles. The largest absolute Gasteiger partial charge is 0.375 e. The van der Waals surface area contributed by atoms with E-state index in [9.17, 15) is 0 Å². The Kier molecular flexibility index (Phi) is 8.52. The summed E-state index contributed by atoms with van der Waals surface area (Å²) in [6.45, 7) is 20.8. The molecule has 1 aromatic carbocycles. The Morgan fingerprint density at radius 1 is 1.31 bits per heavy atom. The first-order valence-corrected chi connectivity index (χ1v) is 10.5. The van der Waals surface area contributed by atoms with E-state index in [0.29, 0.717) is 6.04 Å². The molecule has 0 aromatic heterocycles. The number of hydrogen-bond donors (Lipinski definition) is 2. The zero-order chi connectivity index (χ0) is 21.4. The lowest BCUT2D eigenvalue weighted by Gasteiger charge is -2.36. The van der Waals surface area contributed by atoms with Crippen LogP contribution in [0.2, 0.25) is 0 Å². The lowest BCUT2D eigenvalue weighted by Crippen LogP contribution is -2.49. The minimum atomic E-state index is 0.510. The Labute approximate surface area is 176 Å². The molecule has 29 heavy (non-hydrogen) atoms. The number of benzene rings is 1. The van der Waals surface area contributed by atoms with Crippen LogP contribution in [0.5, 0.6) is 0 Å². The van der Waals surface area contributed by atoms with Crippen molar-refractivity contribution in [2.45, 2.75) is 40.2 Å². The maximum absolute atomic E-state index is 4.63. The number of piperazine rings is 1. The summed E-state index contributed by atoms with van der Waals surface area (Å²) in [6, 6.07) is 9.09. The van der Waals surface area contributed by atoms with Crippen LogP contribution in [0.4, 0.5) is 11.4 Å². The quantitative estimate of drug-likeness (QED) is 0.383. The molecule has 0 bridgehead atoms. The molecule has 0 saturated carbocycles. The van der Waals surface area contributed by atoms with Crippen LogP contribution in [0.25, 0.3) is 0 Å². The summed E-state index contributed by atoms with van der Waals surface area (Å²) in [5.41, 5.74) is 5.29. The number of hydrogen-bond acceptors (Lipinski definition) is 4. The second kappa shape index (κ2) is 10.9. The van der Waals surface area contributed by atoms with E-state index in [4.69, 9.17) is 0 Å². The molecule has 0 spiro atoms. The second-order valence-electron chi connectivity index (χ2n) is 7.59. The van der Waals surface area contributed by atoms with E-state index in [2.05, 4.69) is 83.6 Å². The summed E-state index contributed by atoms with van der Waals surface area (Å²) in [5, 5.41) is 6.81. The zero-order valence-corrected chi connectivity index (χ0v) is 18.8. The van der Waals surface area contributed by atoms with Crippen molar-refractivity contribution in [2.24, 2.45) is 4.99 Å². The first-order valence-electron chi connectivity index (χ1n) is 10.5. The molecule has 0 unspecified atom stereocenters. The number of rotatable bonds is 8. The fraction of sp³-hybridized carbons (Fsp3) is 0.458. The fourth-order valence-corrected chi connectivity index (χ4v) is 3.32. The Morgan fingerprint density at radius 3 is 2.59 bits per heavy atom. The van der Waals surface area contributed by atoms with Gasteiger partial charge < -0.3 is 20.4 Å². The summed E-state index contributed by atoms with van der Waals surface area (Å²) < 4.78 is 0. The Balaban J connectivity index is 2.09. The predicted octanol–water partition coefficient (Wildman–Crippen LogP) is 4.63. The number of allylic oxidation sites excluding steroid dienone is 1. The standard InChI is InChI=1S/C24H37N5/c1-8-18(3)24(20(5)28(7)9-2)17-26-21(6)27-22-10-12-23(13-11-22)29-15-14-25-16-19(29)4/h10-13,17,19,25H,3,5,8-9,14-16H2,1-2,4,6-7H3,(H,26,27)/b24-17-/t19-/m0/s1. The van der Waals surface area contributed by atoms with E-state index in [-0.39, 0.29) is 0 Å². The smallest absolute Gasteiger partial charge is 0.103 e. The van der Waals surface area contributed by atoms with Crippen molar-refractivity contribution < 1.29 is 0 Å². The molecule has 2 N–H and O–H groups in total. The van der Waals surface area contributed by atoms with Crippen molar-refractivity contribution in [1.82, 2.24) is 10.2 Å². The van der Waals surface area contributed by atoms with Gasteiger partial charge in [-0.2, -0.15) is 0 Å². The van der Waals surface area contributed by atoms with E-state index >= 15 is 0 Å². The molecular weight excluding hydrogens is 358 g/mol. The molecule has 2 rings (SSSR count). The molecular formula is C24H37N5. The second-order valence-corrected chi connectivity index (χ2v) is 7.59. The Morgan fingerprint density at radius 2 is 2.00 bits per heavy atom. The Hall–Kier alpha value is -2.53. The maximum atomic E-state index is 4.63. The van der Waals surface area contributed by atoms with Crippen molar-refractivity contribution in [3.63, 3.8) is 0 Å². The van der Waals surface area contributed by atoms with Crippen LogP contribution in [-0.2, 0) is 0 Å². The third kappa shape index (κ3) is 6.23. The zero-order valence-electron chi connectivity index (χ0n) is 18.8. The fourth-order valence-electron chi connectivity index (χ4n) is 3.32. The number of anilines is 2. The van der Waals surface area contributed by atoms with Crippen LogP contribution in [0, 0.1) is 0 Å². The van der Waals surface area contributed by atoms with Crippen molar-refractivity contribution in [1.29, 1.82) is 0 Å². The Bertz CT molecular complexity index is 760. The van der Waals surface area contributed by atoms with Gasteiger partial charge in [-0.3, -0.25) is 0 Å². The summed E-state index contributed by atoms with van der Waals surface area (Å²) in [6.07, 6.45) is 2.75. The van der Waals surface area contributed by atoms with E-state index < -0.39 is 0 Å². The number of likely N-dealkylation sites (N-methyl/N-ethyl adjacent to an activating group) is 1. The summed E-state index contributed by atoms with van der Waals surface area (Å²) >= 11 is 0. The van der Waals surface area contributed by atoms with Gasteiger partial charge in [0.2, 0.25) is 0 Å². The van der Waals surface area contributed by atoms with Crippen molar-refractivity contribution in [3.05, 3.63) is 60.5 Å². The van der Waals surface area contributed by atoms with Gasteiger partial charge in [0.1, 0.15) is 5.84 Å². The predicted molar refractivity (Wildman–Crippen MR) is 128 cm³/mol. The molecule has 1 aromatic rings. The summed E-state index contributed by atoms with van der Waals surface area (Å²) in [5.74, 6) is 0.835. The highest BCUT2D eigenvalue weighted by Crippen LogP contribution is 2.23. The van der Waals surface area contributed by atoms with Crippen LogP contribution < -0.4 is 15.5 Å². The average molecular weight is 396 g/mol. The van der Waals surface area contributed by atoms with Gasteiger partial charge in [-0.1, -0.05) is 20.1 Å². The number of nitrogens with one attached hydrogen (secondary N) is 2. The molecule has 158 valence electrons. The lowest BCUT2D eigenvalue weighted by molar-refractivity contribution is 0.452. The number of amidine groups is 1. The average Bonchev–Trinajstić information content (AvgIpc) is 2.73. The molecule has 1 aliphatic rings. The molecule has 0 aliphatic carbocycles. The third-order valence-electron chi connectivity index (χ3n) is 5.47. The molecule has 5 nitrogen and oxygen atoms in total. The highest BCUT2D eigenvalue weighted by Gasteiger charge is 2.17. The first-order chi connectivity index (χ1) is 13.9. The molecule has 5 heteroatoms. The van der Waals surface area contributed by atoms with Gasteiger partial charge in [0.15, 0.2) is 0 Å². The maximum Gasteiger partial charge on any atom is 0.103 e. The monoisotopic (exact) mass is 395 g/mol. The normalized spacial score (nSPS) is 17.8. The van der Waals surface area contributed by atoms with Crippen molar-refractivity contribution in [2.75, 3.05) is 43.4 Å². The van der Waals surface area contributed by atoms with Gasteiger partial charge in [0.05, 0.1) is 0 Å². The number of nitrogens with zero attached hydrogens (tertiary/aromatic N) is 3. The minimum Gasteiger partial charge on any atom is -0.375 e. The van der Waals surface area contributed by atoms with E-state index in [1.165, 1.54) is 5.69 Å². The van der Waals surface area contributed by atoms with E-state index in [1.807, 2.05) is 20.2 Å². The van der Waals surface area contributed by atoms with E-state index in [0.717, 1.165) is 61.0 Å². The van der Waals surface area contributed by atoms with Crippen LogP contribution in [0.1, 0.15) is 34.1 Å².